The third kappa shape index (κ3) is 5.52. The van der Waals surface area contributed by atoms with Crippen LogP contribution in [0, 0.1) is 58.2 Å². The summed E-state index contributed by atoms with van der Waals surface area (Å²) >= 11 is 0. The van der Waals surface area contributed by atoms with Gasteiger partial charge in [-0.3, -0.25) is 14.4 Å². The van der Waals surface area contributed by atoms with Crippen LogP contribution in [0.4, 0.5) is 0 Å². The van der Waals surface area contributed by atoms with E-state index in [1.165, 1.54) is 32.1 Å². The molecule has 5 nitrogen and oxygen atoms in total. The molecule has 4 aliphatic rings. The van der Waals surface area contributed by atoms with E-state index in [9.17, 15) is 14.4 Å². The molecule has 0 bridgehead atoms. The van der Waals surface area contributed by atoms with E-state index in [1.54, 1.807) is 0 Å². The molecular weight excluding hydrogens is 474 g/mol. The van der Waals surface area contributed by atoms with Gasteiger partial charge in [0, 0.05) is 12.3 Å². The quantitative estimate of drug-likeness (QED) is 0.334. The molecule has 0 aromatic carbocycles. The summed E-state index contributed by atoms with van der Waals surface area (Å²) in [5.41, 5.74) is 6.61. The molecule has 4 rings (SSSR count). The second kappa shape index (κ2) is 11.3. The molecule has 0 heterocycles. The van der Waals surface area contributed by atoms with Crippen molar-refractivity contribution in [2.75, 3.05) is 0 Å². The van der Waals surface area contributed by atoms with Crippen molar-refractivity contribution in [2.45, 2.75) is 131 Å². The lowest BCUT2D eigenvalue weighted by Gasteiger charge is -2.61. The number of ether oxygens (including phenoxy) is 1. The number of esters is 1. The van der Waals surface area contributed by atoms with Gasteiger partial charge in [0.05, 0.1) is 12.0 Å². The Morgan fingerprint density at radius 2 is 1.55 bits per heavy atom. The molecule has 0 aromatic rings. The lowest BCUT2D eigenvalue weighted by atomic mass is 9.44. The fourth-order valence-corrected chi connectivity index (χ4v) is 9.84. The lowest BCUT2D eigenvalue weighted by molar-refractivity contribution is -0.168. The van der Waals surface area contributed by atoms with Crippen LogP contribution in [0.25, 0.3) is 0 Å². The molecule has 38 heavy (non-hydrogen) atoms. The number of hydrogen-bond acceptors (Lipinski definition) is 5. The number of nitrogens with two attached hydrogens (primary N) is 1. The van der Waals surface area contributed by atoms with Crippen LogP contribution in [0.2, 0.25) is 0 Å². The monoisotopic (exact) mass is 529 g/mol. The van der Waals surface area contributed by atoms with Crippen molar-refractivity contribution in [3.8, 4) is 0 Å². The zero-order chi connectivity index (χ0) is 28.0. The largest absolute Gasteiger partial charge is 0.462 e. The molecule has 0 saturated heterocycles. The number of Topliss-reactive ketones (excluding diaryl/α,β-unsaturated/α-hetero) is 2. The molecule has 10 atom stereocenters. The molecule has 216 valence electrons. The van der Waals surface area contributed by atoms with Crippen LogP contribution in [0.1, 0.15) is 119 Å². The Morgan fingerprint density at radius 3 is 2.18 bits per heavy atom. The van der Waals surface area contributed by atoms with Crippen LogP contribution in [0.15, 0.2) is 0 Å². The van der Waals surface area contributed by atoms with E-state index in [4.69, 9.17) is 10.5 Å². The van der Waals surface area contributed by atoms with Gasteiger partial charge >= 0.3 is 5.97 Å². The van der Waals surface area contributed by atoms with Crippen molar-refractivity contribution in [2.24, 2.45) is 63.9 Å². The van der Waals surface area contributed by atoms with Gasteiger partial charge in [0.1, 0.15) is 11.9 Å². The fraction of sp³-hybridized carbons (Fsp3) is 0.909. The summed E-state index contributed by atoms with van der Waals surface area (Å²) in [6.07, 6.45) is 11.0. The highest BCUT2D eigenvalue weighted by Gasteiger charge is 2.61. The third-order valence-electron chi connectivity index (χ3n) is 12.0. The van der Waals surface area contributed by atoms with Crippen LogP contribution in [0.3, 0.4) is 0 Å². The maximum atomic E-state index is 13.3. The summed E-state index contributed by atoms with van der Waals surface area (Å²) in [5, 5.41) is 0. The highest BCUT2D eigenvalue weighted by molar-refractivity contribution is 5.88. The van der Waals surface area contributed by atoms with E-state index in [2.05, 4.69) is 27.7 Å². The van der Waals surface area contributed by atoms with Crippen LogP contribution < -0.4 is 5.73 Å². The average molecular weight is 530 g/mol. The van der Waals surface area contributed by atoms with Gasteiger partial charge in [-0.25, -0.2) is 0 Å². The minimum atomic E-state index is -0.522. The standard InChI is InChI=1S/C33H55NO4/c1-19(2)16-22(17-29(36)30(34)20(3)4)31(37)38-24-12-14-32(6)23(18-24)8-9-25-27-11-10-26(21(5)35)33(27,7)15-13-28(25)32/h19-20,22-28,30H,8-18,34H2,1-7H3/t22-,23+,24-,25+,26-,27+,28+,30+,32+,33-/m1/s1. The predicted octanol–water partition coefficient (Wildman–Crippen LogP) is 6.75. The van der Waals surface area contributed by atoms with Crippen molar-refractivity contribution in [1.29, 1.82) is 0 Å². The summed E-state index contributed by atoms with van der Waals surface area (Å²) < 4.78 is 6.18. The van der Waals surface area contributed by atoms with Crippen molar-refractivity contribution < 1.29 is 19.1 Å². The highest BCUT2D eigenvalue weighted by Crippen LogP contribution is 2.67. The van der Waals surface area contributed by atoms with Crippen LogP contribution in [0.5, 0.6) is 0 Å². The number of hydrogen-bond donors (Lipinski definition) is 1. The van der Waals surface area contributed by atoms with Gasteiger partial charge in [-0.1, -0.05) is 41.5 Å². The van der Waals surface area contributed by atoms with Gasteiger partial charge in [-0.15, -0.1) is 0 Å². The first kappa shape index (κ1) is 29.7. The summed E-state index contributed by atoms with van der Waals surface area (Å²) in [4.78, 5) is 38.5. The van der Waals surface area contributed by atoms with Gasteiger partial charge in [0.15, 0.2) is 5.78 Å². The number of carbonyl (C=O) groups excluding carboxylic acids is 3. The van der Waals surface area contributed by atoms with E-state index in [-0.39, 0.29) is 41.5 Å². The molecule has 0 unspecified atom stereocenters. The smallest absolute Gasteiger partial charge is 0.309 e. The molecule has 0 spiro atoms. The number of fused-ring (bicyclic) bond motifs is 5. The minimum Gasteiger partial charge on any atom is -0.462 e. The molecule has 0 radical (unpaired) electrons. The molecule has 0 aliphatic heterocycles. The normalized spacial score (nSPS) is 40.2. The zero-order valence-electron chi connectivity index (χ0n) is 25.3. The molecule has 4 saturated carbocycles. The molecule has 0 aromatic heterocycles. The zero-order valence-corrected chi connectivity index (χ0v) is 25.3. The van der Waals surface area contributed by atoms with Gasteiger partial charge in [0.25, 0.3) is 0 Å². The first-order chi connectivity index (χ1) is 17.8. The Labute approximate surface area is 231 Å². The van der Waals surface area contributed by atoms with E-state index in [0.717, 1.165) is 37.5 Å². The Bertz CT molecular complexity index is 897. The SMILES string of the molecule is CC(=O)[C@H]1CC[C@H]2[C@@H]3CC[C@H]4C[C@H](OC(=O)[C@@H](CC(=O)[C@@H](N)C(C)C)CC(C)C)CC[C@]4(C)[C@H]3CC[C@]12C. The topological polar surface area (TPSA) is 86.5 Å². The Balaban J connectivity index is 1.40. The summed E-state index contributed by atoms with van der Waals surface area (Å²) in [6.45, 7) is 14.8. The molecule has 0 amide bonds. The molecule has 2 N–H and O–H groups in total. The highest BCUT2D eigenvalue weighted by atomic mass is 16.5. The van der Waals surface area contributed by atoms with Gasteiger partial charge in [0.2, 0.25) is 0 Å². The second-order valence-corrected chi connectivity index (χ2v) is 15.0. The number of carbonyl (C=O) groups is 3. The van der Waals surface area contributed by atoms with Crippen molar-refractivity contribution in [1.82, 2.24) is 0 Å². The molecule has 4 aliphatic carbocycles. The van der Waals surface area contributed by atoms with Crippen LogP contribution in [-0.2, 0) is 19.1 Å². The maximum absolute atomic E-state index is 13.3. The molecule has 5 heteroatoms. The summed E-state index contributed by atoms with van der Waals surface area (Å²) in [5.74, 6) is 3.17. The Kier molecular flexibility index (Phi) is 8.87. The van der Waals surface area contributed by atoms with E-state index < -0.39 is 12.0 Å². The second-order valence-electron chi connectivity index (χ2n) is 15.0. The van der Waals surface area contributed by atoms with Gasteiger partial charge in [-0.05, 0) is 117 Å². The minimum absolute atomic E-state index is 0.0274. The summed E-state index contributed by atoms with van der Waals surface area (Å²) in [7, 11) is 0. The Hall–Kier alpha value is -1.23. The number of rotatable bonds is 9. The molecular formula is C33H55NO4. The fourth-order valence-electron chi connectivity index (χ4n) is 9.84. The van der Waals surface area contributed by atoms with E-state index in [1.807, 2.05) is 20.8 Å². The van der Waals surface area contributed by atoms with Crippen LogP contribution >= 0.6 is 0 Å². The van der Waals surface area contributed by atoms with Gasteiger partial charge < -0.3 is 10.5 Å². The van der Waals surface area contributed by atoms with E-state index >= 15 is 0 Å². The Morgan fingerprint density at radius 1 is 0.895 bits per heavy atom. The predicted molar refractivity (Wildman–Crippen MR) is 151 cm³/mol. The first-order valence-corrected chi connectivity index (χ1v) is 15.8. The average Bonchev–Trinajstić information content (AvgIpc) is 3.20. The lowest BCUT2D eigenvalue weighted by Crippen LogP contribution is -2.54. The van der Waals surface area contributed by atoms with Crippen molar-refractivity contribution in [3.63, 3.8) is 0 Å². The van der Waals surface area contributed by atoms with E-state index in [0.29, 0.717) is 35.4 Å². The molecule has 4 fully saturated rings. The summed E-state index contributed by atoms with van der Waals surface area (Å²) in [6, 6.07) is -0.522. The van der Waals surface area contributed by atoms with Crippen molar-refractivity contribution >= 4 is 17.5 Å². The number of ketones is 2. The third-order valence-corrected chi connectivity index (χ3v) is 12.0. The van der Waals surface area contributed by atoms with Crippen LogP contribution in [-0.4, -0.2) is 29.7 Å². The first-order valence-electron chi connectivity index (χ1n) is 15.8. The van der Waals surface area contributed by atoms with Crippen molar-refractivity contribution in [3.05, 3.63) is 0 Å². The maximum Gasteiger partial charge on any atom is 0.309 e. The van der Waals surface area contributed by atoms with Gasteiger partial charge in [-0.2, -0.15) is 0 Å².